The van der Waals surface area contributed by atoms with Crippen LogP contribution in [0.1, 0.15) is 29.8 Å². The van der Waals surface area contributed by atoms with E-state index in [0.29, 0.717) is 15.1 Å². The maximum Gasteiger partial charge on any atom is 0.317 e. The number of hydrogen-bond acceptors (Lipinski definition) is 7. The fourth-order valence-electron chi connectivity index (χ4n) is 4.23. The molecule has 2 aromatic heterocycles. The number of thiazole rings is 1. The van der Waals surface area contributed by atoms with E-state index in [1.54, 1.807) is 22.4 Å². The Morgan fingerprint density at radius 1 is 1.37 bits per heavy atom. The molecule has 4 heterocycles. The van der Waals surface area contributed by atoms with Crippen molar-refractivity contribution in [3.05, 3.63) is 67.0 Å². The number of esters is 1. The van der Waals surface area contributed by atoms with Gasteiger partial charge in [-0.3, -0.25) is 18.8 Å². The quantitative estimate of drug-likeness (QED) is 0.571. The monoisotopic (exact) mass is 424 g/mol. The molecule has 9 heteroatoms. The molecule has 3 atom stereocenters. The Labute approximate surface area is 175 Å². The fourth-order valence-corrected chi connectivity index (χ4v) is 5.32. The number of nitrogens with zero attached hydrogens (tertiary/aromatic N) is 4. The van der Waals surface area contributed by atoms with Crippen molar-refractivity contribution < 1.29 is 14.3 Å². The van der Waals surface area contributed by atoms with Crippen molar-refractivity contribution in [3.8, 4) is 5.75 Å². The minimum Gasteiger partial charge on any atom is -0.469 e. The molecule has 0 spiro atoms. The average molecular weight is 424 g/mol. The lowest BCUT2D eigenvalue weighted by molar-refractivity contribution is -0.158. The van der Waals surface area contributed by atoms with Crippen LogP contribution in [0.5, 0.6) is 5.75 Å². The largest absolute Gasteiger partial charge is 0.469 e. The summed E-state index contributed by atoms with van der Waals surface area (Å²) in [6.45, 7) is 3.71. The number of fused-ring (bicyclic) bond motifs is 6. The second-order valence-electron chi connectivity index (χ2n) is 7.63. The molecule has 0 saturated carbocycles. The molecule has 2 aliphatic rings. The molecular formula is C21H20N4O4S. The Morgan fingerprint density at radius 2 is 2.13 bits per heavy atom. The van der Waals surface area contributed by atoms with Gasteiger partial charge >= 0.3 is 5.97 Å². The number of benzene rings is 1. The minimum atomic E-state index is -1.16. The van der Waals surface area contributed by atoms with Crippen LogP contribution in [0, 0.1) is 12.8 Å². The van der Waals surface area contributed by atoms with Gasteiger partial charge in [0, 0.05) is 23.9 Å². The zero-order chi connectivity index (χ0) is 21.2. The Kier molecular flexibility index (Phi) is 4.01. The van der Waals surface area contributed by atoms with E-state index in [1.165, 1.54) is 18.4 Å². The molecule has 3 aromatic rings. The molecule has 2 aliphatic heterocycles. The minimum absolute atomic E-state index is 0.195. The number of aryl methyl sites for hydroxylation is 1. The van der Waals surface area contributed by atoms with E-state index in [9.17, 15) is 9.59 Å². The Balaban J connectivity index is 1.81. The zero-order valence-electron chi connectivity index (χ0n) is 16.9. The highest BCUT2D eigenvalue weighted by Crippen LogP contribution is 2.47. The first-order valence-corrected chi connectivity index (χ1v) is 10.3. The molecule has 0 aliphatic carbocycles. The molecule has 8 nitrogen and oxygen atoms in total. The normalized spacial score (nSPS) is 24.5. The van der Waals surface area contributed by atoms with Gasteiger partial charge < -0.3 is 9.47 Å². The SMILES string of the molecule is COC(=O)[C@@H]1[C@H]2c3ccccc3O[C@@]1(C)N=c1s/c(=C/c3cnn(C)c3C)c(=O)n12. The molecule has 0 unspecified atom stereocenters. The van der Waals surface area contributed by atoms with Crippen molar-refractivity contribution in [2.45, 2.75) is 25.6 Å². The Bertz CT molecular complexity index is 1370. The molecule has 2 bridgehead atoms. The van der Waals surface area contributed by atoms with Gasteiger partial charge in [0.25, 0.3) is 5.56 Å². The molecule has 0 saturated heterocycles. The topological polar surface area (TPSA) is 87.7 Å². The van der Waals surface area contributed by atoms with E-state index in [-0.39, 0.29) is 5.56 Å². The van der Waals surface area contributed by atoms with Crippen LogP contribution >= 0.6 is 11.3 Å². The van der Waals surface area contributed by atoms with Gasteiger partial charge in [0.05, 0.1) is 23.9 Å². The maximum absolute atomic E-state index is 13.5. The van der Waals surface area contributed by atoms with Gasteiger partial charge in [0.15, 0.2) is 4.80 Å². The highest BCUT2D eigenvalue weighted by Gasteiger charge is 2.55. The second-order valence-corrected chi connectivity index (χ2v) is 8.64. The van der Waals surface area contributed by atoms with E-state index in [1.807, 2.05) is 44.3 Å². The first-order valence-electron chi connectivity index (χ1n) is 9.51. The van der Waals surface area contributed by atoms with Crippen LogP contribution in [-0.4, -0.2) is 33.2 Å². The molecule has 0 amide bonds. The lowest BCUT2D eigenvalue weighted by Crippen LogP contribution is -2.58. The maximum atomic E-state index is 13.5. The standard InChI is InChI=1S/C21H20N4O4S/c1-11-12(10-22-24(11)3)9-15-18(26)25-17-13-7-5-6-8-14(13)29-21(2,23-20(25)30-15)16(17)19(27)28-4/h5-10,16-17H,1-4H3/b15-9+/t16-,17+,21+/m0/s1. The summed E-state index contributed by atoms with van der Waals surface area (Å²) in [7, 11) is 3.19. The van der Waals surface area contributed by atoms with Gasteiger partial charge in [0.2, 0.25) is 5.72 Å². The van der Waals surface area contributed by atoms with E-state index < -0.39 is 23.7 Å². The summed E-state index contributed by atoms with van der Waals surface area (Å²) in [5.41, 5.74) is 1.23. The van der Waals surface area contributed by atoms with Gasteiger partial charge in [-0.2, -0.15) is 5.10 Å². The molecule has 1 aromatic carbocycles. The van der Waals surface area contributed by atoms with Gasteiger partial charge in [-0.05, 0) is 26.0 Å². The Hall–Kier alpha value is -3.20. The molecule has 5 rings (SSSR count). The van der Waals surface area contributed by atoms with Crippen molar-refractivity contribution in [3.63, 3.8) is 0 Å². The predicted molar refractivity (Wildman–Crippen MR) is 110 cm³/mol. The van der Waals surface area contributed by atoms with Crippen molar-refractivity contribution >= 4 is 23.4 Å². The predicted octanol–water partition coefficient (Wildman–Crippen LogP) is 0.901. The molecule has 0 N–H and O–H groups in total. The van der Waals surface area contributed by atoms with E-state index in [4.69, 9.17) is 14.5 Å². The number of carbonyl (C=O) groups is 1. The first kappa shape index (κ1) is 18.8. The average Bonchev–Trinajstić information content (AvgIpc) is 3.19. The number of para-hydroxylation sites is 1. The van der Waals surface area contributed by atoms with Crippen LogP contribution in [0.4, 0.5) is 0 Å². The van der Waals surface area contributed by atoms with Crippen LogP contribution in [0.3, 0.4) is 0 Å². The summed E-state index contributed by atoms with van der Waals surface area (Å²) in [6, 6.07) is 6.88. The van der Waals surface area contributed by atoms with Crippen molar-refractivity contribution in [2.24, 2.45) is 18.0 Å². The van der Waals surface area contributed by atoms with Crippen LogP contribution in [0.25, 0.3) is 6.08 Å². The van der Waals surface area contributed by atoms with Gasteiger partial charge in [-0.25, -0.2) is 4.99 Å². The van der Waals surface area contributed by atoms with Crippen LogP contribution in [0.15, 0.2) is 40.2 Å². The number of ether oxygens (including phenoxy) is 2. The zero-order valence-corrected chi connectivity index (χ0v) is 17.8. The third kappa shape index (κ3) is 2.51. The van der Waals surface area contributed by atoms with Gasteiger partial charge in [-0.1, -0.05) is 29.5 Å². The number of methoxy groups -OCH3 is 1. The lowest BCUT2D eigenvalue weighted by Gasteiger charge is -2.44. The third-order valence-electron chi connectivity index (χ3n) is 5.89. The summed E-state index contributed by atoms with van der Waals surface area (Å²) >= 11 is 1.29. The number of rotatable bonds is 2. The molecule has 30 heavy (non-hydrogen) atoms. The van der Waals surface area contributed by atoms with Crippen molar-refractivity contribution in [1.82, 2.24) is 14.3 Å². The highest BCUT2D eigenvalue weighted by molar-refractivity contribution is 7.07. The number of carbonyl (C=O) groups excluding carboxylic acids is 1. The summed E-state index contributed by atoms with van der Waals surface area (Å²) < 4.78 is 15.1. The van der Waals surface area contributed by atoms with Crippen molar-refractivity contribution in [1.29, 1.82) is 0 Å². The first-order chi connectivity index (χ1) is 14.3. The number of hydrogen-bond donors (Lipinski definition) is 0. The smallest absolute Gasteiger partial charge is 0.317 e. The number of aromatic nitrogens is 3. The van der Waals surface area contributed by atoms with E-state index in [2.05, 4.69) is 5.10 Å². The molecule has 0 radical (unpaired) electrons. The van der Waals surface area contributed by atoms with Crippen LogP contribution in [0.2, 0.25) is 0 Å². The summed E-state index contributed by atoms with van der Waals surface area (Å²) in [5, 5.41) is 4.24. The molecule has 154 valence electrons. The third-order valence-corrected chi connectivity index (χ3v) is 6.88. The van der Waals surface area contributed by atoms with E-state index in [0.717, 1.165) is 16.8 Å². The fraction of sp³-hybridized carbons (Fsp3) is 0.333. The van der Waals surface area contributed by atoms with Crippen molar-refractivity contribution in [2.75, 3.05) is 7.11 Å². The van der Waals surface area contributed by atoms with Gasteiger partial charge in [-0.15, -0.1) is 0 Å². The Morgan fingerprint density at radius 3 is 2.83 bits per heavy atom. The second kappa shape index (κ2) is 6.40. The molecular weight excluding hydrogens is 404 g/mol. The lowest BCUT2D eigenvalue weighted by atomic mass is 9.81. The van der Waals surface area contributed by atoms with Crippen LogP contribution < -0.4 is 19.6 Å². The summed E-state index contributed by atoms with van der Waals surface area (Å²) in [6.07, 6.45) is 3.55. The van der Waals surface area contributed by atoms with Crippen LogP contribution in [-0.2, 0) is 16.6 Å². The van der Waals surface area contributed by atoms with E-state index >= 15 is 0 Å². The molecule has 0 fully saturated rings. The highest BCUT2D eigenvalue weighted by atomic mass is 32.1. The summed E-state index contributed by atoms with van der Waals surface area (Å²) in [4.78, 5) is 31.5. The summed E-state index contributed by atoms with van der Waals surface area (Å²) in [5.74, 6) is -0.616. The van der Waals surface area contributed by atoms with Gasteiger partial charge in [0.1, 0.15) is 11.7 Å².